The molecular formula is C21H11N9. The van der Waals surface area contributed by atoms with E-state index in [4.69, 9.17) is 25.0 Å². The number of hydrogen-bond acceptors (Lipinski definition) is 8. The van der Waals surface area contributed by atoms with Crippen LogP contribution in [0.3, 0.4) is 0 Å². The summed E-state index contributed by atoms with van der Waals surface area (Å²) in [6.45, 7) is 0. The molecule has 0 saturated carbocycles. The fourth-order valence-electron chi connectivity index (χ4n) is 3.89. The molecule has 0 unspecified atom stereocenters. The first-order valence-corrected chi connectivity index (χ1v) is 9.33. The van der Waals surface area contributed by atoms with E-state index in [1.807, 2.05) is 30.6 Å². The third-order valence-electron chi connectivity index (χ3n) is 5.29. The number of aromatic amines is 1. The largest absolute Gasteiger partial charge is 0.367 e. The lowest BCUT2D eigenvalue weighted by Crippen LogP contribution is -2.29. The molecule has 3 aromatic heterocycles. The summed E-state index contributed by atoms with van der Waals surface area (Å²) in [6.07, 6.45) is 12.7. The van der Waals surface area contributed by atoms with E-state index in [9.17, 15) is 0 Å². The first-order chi connectivity index (χ1) is 14.8. The third kappa shape index (κ3) is 2.03. The van der Waals surface area contributed by atoms with Crippen LogP contribution in [0.5, 0.6) is 0 Å². The Kier molecular flexibility index (Phi) is 2.83. The van der Waals surface area contributed by atoms with Crippen molar-refractivity contribution in [1.29, 1.82) is 0 Å². The molecule has 3 aromatic rings. The van der Waals surface area contributed by atoms with Gasteiger partial charge >= 0.3 is 0 Å². The van der Waals surface area contributed by atoms with Gasteiger partial charge in [0.15, 0.2) is 23.3 Å². The van der Waals surface area contributed by atoms with Gasteiger partial charge in [0.2, 0.25) is 0 Å². The number of H-pyrrole nitrogens is 1. The minimum absolute atomic E-state index is 0.530. The summed E-state index contributed by atoms with van der Waals surface area (Å²) in [4.78, 5) is 35.6. The molecule has 9 nitrogen and oxygen atoms in total. The fourth-order valence-corrected chi connectivity index (χ4v) is 3.89. The number of rotatable bonds is 0. The number of pyridine rings is 2. The highest BCUT2D eigenvalue weighted by Crippen LogP contribution is 2.26. The van der Waals surface area contributed by atoms with Crippen molar-refractivity contribution in [3.8, 4) is 0 Å². The van der Waals surface area contributed by atoms with Gasteiger partial charge in [0.05, 0.1) is 0 Å². The van der Waals surface area contributed by atoms with Crippen molar-refractivity contribution in [3.63, 3.8) is 0 Å². The lowest BCUT2D eigenvalue weighted by Gasteiger charge is -2.00. The summed E-state index contributed by atoms with van der Waals surface area (Å²) < 4.78 is 0. The SMILES string of the molecule is C1=Cc2c3[nH]c(c2=CN1)=NC1=NC(=NC2=NC(=N3)c3cnccc32)c2cnccc21. The molecule has 4 aliphatic heterocycles. The molecule has 0 atom stereocenters. The number of aliphatic imine (C=N–C) groups is 4. The van der Waals surface area contributed by atoms with Gasteiger partial charge in [0.1, 0.15) is 11.3 Å². The van der Waals surface area contributed by atoms with Crippen molar-refractivity contribution in [1.82, 2.24) is 20.3 Å². The molecule has 4 aliphatic rings. The Bertz CT molecular complexity index is 1560. The van der Waals surface area contributed by atoms with Gasteiger partial charge in [0.25, 0.3) is 0 Å². The highest BCUT2D eigenvalue weighted by atomic mass is 15.1. The fraction of sp³-hybridized carbons (Fsp3) is 0. The zero-order valence-corrected chi connectivity index (χ0v) is 15.3. The lowest BCUT2D eigenvalue weighted by atomic mass is 10.1. The smallest absolute Gasteiger partial charge is 0.166 e. The molecule has 7 rings (SSSR count). The van der Waals surface area contributed by atoms with Crippen molar-refractivity contribution in [2.45, 2.75) is 0 Å². The van der Waals surface area contributed by atoms with Crippen LogP contribution in [-0.4, -0.2) is 38.3 Å². The minimum Gasteiger partial charge on any atom is -0.367 e. The monoisotopic (exact) mass is 389 g/mol. The summed E-state index contributed by atoms with van der Waals surface area (Å²) in [5, 5.41) is 4.03. The van der Waals surface area contributed by atoms with Gasteiger partial charge in [-0.25, -0.2) is 25.0 Å². The van der Waals surface area contributed by atoms with E-state index in [1.165, 1.54) is 0 Å². The predicted molar refractivity (Wildman–Crippen MR) is 112 cm³/mol. The standard InChI is InChI=1S/C21H11N9/c1-4-22-7-13-10(1)16-25-19(13)29-17-12-3-6-24-9-15(12)21(27-17)30-18-11-2-5-23-8-14(11)20(26-18)28-16/h1-9,22H,(H,25,26,27,28,29,30). The topological polar surface area (TPSA) is 115 Å². The van der Waals surface area contributed by atoms with E-state index in [0.29, 0.717) is 34.6 Å². The molecule has 0 fully saturated rings. The molecule has 0 saturated heterocycles. The van der Waals surface area contributed by atoms with Gasteiger partial charge in [-0.05, 0) is 18.2 Å². The third-order valence-corrected chi connectivity index (χ3v) is 5.29. The van der Waals surface area contributed by atoms with Gasteiger partial charge in [-0.2, -0.15) is 0 Å². The van der Waals surface area contributed by atoms with E-state index in [0.717, 1.165) is 33.0 Å². The zero-order chi connectivity index (χ0) is 19.7. The van der Waals surface area contributed by atoms with Crippen LogP contribution in [0.4, 0.5) is 5.82 Å². The van der Waals surface area contributed by atoms with Crippen LogP contribution in [0.2, 0.25) is 0 Å². The average Bonchev–Trinajstić information content (AvgIpc) is 3.43. The lowest BCUT2D eigenvalue weighted by molar-refractivity contribution is 1.17. The molecule has 30 heavy (non-hydrogen) atoms. The molecule has 0 radical (unpaired) electrons. The maximum atomic E-state index is 4.82. The van der Waals surface area contributed by atoms with E-state index >= 15 is 0 Å². The molecule has 7 heterocycles. The molecule has 0 spiro atoms. The quantitative estimate of drug-likeness (QED) is 0.592. The molecule has 0 amide bonds. The molecule has 2 N–H and O–H groups in total. The highest BCUT2D eigenvalue weighted by molar-refractivity contribution is 6.29. The highest BCUT2D eigenvalue weighted by Gasteiger charge is 2.27. The molecular weight excluding hydrogens is 378 g/mol. The van der Waals surface area contributed by atoms with Crippen LogP contribution in [0, 0.1) is 0 Å². The maximum absolute atomic E-state index is 4.82. The first kappa shape index (κ1) is 15.4. The van der Waals surface area contributed by atoms with Gasteiger partial charge in [-0.1, -0.05) is 0 Å². The number of fused-ring (bicyclic) bond motifs is 13. The summed E-state index contributed by atoms with van der Waals surface area (Å²) in [5.74, 6) is 2.87. The van der Waals surface area contributed by atoms with Crippen molar-refractivity contribution < 1.29 is 0 Å². The normalized spacial score (nSPS) is 16.8. The molecule has 140 valence electrons. The van der Waals surface area contributed by atoms with Crippen LogP contribution in [0.15, 0.2) is 68.1 Å². The number of amidine groups is 4. The second-order valence-corrected chi connectivity index (χ2v) is 6.99. The molecule has 6 bridgehead atoms. The number of nitrogens with one attached hydrogen (secondary N) is 2. The zero-order valence-electron chi connectivity index (χ0n) is 15.3. The average molecular weight is 389 g/mol. The Balaban J connectivity index is 1.64. The summed E-state index contributed by atoms with van der Waals surface area (Å²) >= 11 is 0. The number of aromatic nitrogens is 3. The number of nitrogens with zero attached hydrogens (tertiary/aromatic N) is 7. The summed E-state index contributed by atoms with van der Waals surface area (Å²) in [6, 6.07) is 3.79. The van der Waals surface area contributed by atoms with Crippen LogP contribution in [0.1, 0.15) is 27.8 Å². The van der Waals surface area contributed by atoms with Crippen LogP contribution in [0.25, 0.3) is 12.3 Å². The Morgan fingerprint density at radius 2 is 1.30 bits per heavy atom. The Morgan fingerprint density at radius 1 is 0.667 bits per heavy atom. The van der Waals surface area contributed by atoms with Crippen molar-refractivity contribution in [2.24, 2.45) is 25.0 Å². The van der Waals surface area contributed by atoms with E-state index < -0.39 is 0 Å². The van der Waals surface area contributed by atoms with Crippen LogP contribution >= 0.6 is 0 Å². The van der Waals surface area contributed by atoms with E-state index in [-0.39, 0.29) is 0 Å². The predicted octanol–water partition coefficient (Wildman–Crippen LogP) is 0.795. The Labute approximate surface area is 168 Å². The van der Waals surface area contributed by atoms with Crippen LogP contribution in [-0.2, 0) is 0 Å². The van der Waals surface area contributed by atoms with Gasteiger partial charge < -0.3 is 10.3 Å². The van der Waals surface area contributed by atoms with Gasteiger partial charge in [-0.3, -0.25) is 9.97 Å². The summed E-state index contributed by atoms with van der Waals surface area (Å²) in [5.41, 5.74) is 4.99. The molecule has 0 aromatic carbocycles. The Morgan fingerprint density at radius 3 is 2.03 bits per heavy atom. The second-order valence-electron chi connectivity index (χ2n) is 6.99. The molecule has 0 aliphatic carbocycles. The van der Waals surface area contributed by atoms with Gasteiger partial charge in [0, 0.05) is 70.2 Å². The van der Waals surface area contributed by atoms with Crippen LogP contribution < -0.4 is 16.0 Å². The minimum atomic E-state index is 0.530. The molecule has 9 heteroatoms. The van der Waals surface area contributed by atoms with E-state index in [2.05, 4.69) is 20.3 Å². The Hall–Kier alpha value is -4.53. The van der Waals surface area contributed by atoms with E-state index in [1.54, 1.807) is 24.8 Å². The number of hydrogen-bond donors (Lipinski definition) is 2. The van der Waals surface area contributed by atoms with Crippen molar-refractivity contribution >= 4 is 41.4 Å². The maximum Gasteiger partial charge on any atom is 0.166 e. The van der Waals surface area contributed by atoms with Crippen molar-refractivity contribution in [3.05, 3.63) is 81.6 Å². The first-order valence-electron chi connectivity index (χ1n) is 9.33. The second kappa shape index (κ2) is 5.51. The van der Waals surface area contributed by atoms with Gasteiger partial charge in [-0.15, -0.1) is 0 Å². The summed E-state index contributed by atoms with van der Waals surface area (Å²) in [7, 11) is 0. The van der Waals surface area contributed by atoms with Crippen molar-refractivity contribution in [2.75, 3.05) is 0 Å².